The number of hydrogen-bond acceptors (Lipinski definition) is 4. The summed E-state index contributed by atoms with van der Waals surface area (Å²) in [4.78, 5) is 6.91. The number of guanidine groups is 1. The van der Waals surface area contributed by atoms with E-state index in [1.54, 1.807) is 14.2 Å². The number of benzene rings is 2. The standard InChI is InChI=1S/C26H35N3O3/c1-18-7-9-19(10-8-18)25-21(6-5-13-32-25)16-28-26(27-2)29-12-11-20-14-23(30-3)24(31-4)15-22(20)17-29/h7-10,14-15,21,25H,5-6,11-13,16-17H2,1-4H3,(H,27,28). The minimum absolute atomic E-state index is 0.133. The number of aryl methyl sites for hydroxylation is 1. The molecule has 4 rings (SSSR count). The summed E-state index contributed by atoms with van der Waals surface area (Å²) in [5.41, 5.74) is 5.12. The van der Waals surface area contributed by atoms with Crippen LogP contribution in [-0.4, -0.2) is 51.8 Å². The fourth-order valence-corrected chi connectivity index (χ4v) is 4.80. The van der Waals surface area contributed by atoms with E-state index in [0.29, 0.717) is 5.92 Å². The Morgan fingerprint density at radius 3 is 2.53 bits per heavy atom. The van der Waals surface area contributed by atoms with Crippen LogP contribution in [0, 0.1) is 12.8 Å². The zero-order valence-corrected chi connectivity index (χ0v) is 19.7. The largest absolute Gasteiger partial charge is 0.493 e. The Morgan fingerprint density at radius 2 is 1.84 bits per heavy atom. The molecule has 6 heteroatoms. The third kappa shape index (κ3) is 4.85. The zero-order chi connectivity index (χ0) is 22.5. The van der Waals surface area contributed by atoms with Crippen LogP contribution in [0.15, 0.2) is 41.4 Å². The van der Waals surface area contributed by atoms with Gasteiger partial charge in [0.15, 0.2) is 17.5 Å². The van der Waals surface area contributed by atoms with Crippen molar-refractivity contribution in [1.29, 1.82) is 0 Å². The van der Waals surface area contributed by atoms with E-state index in [1.807, 2.05) is 7.05 Å². The van der Waals surface area contributed by atoms with E-state index in [0.717, 1.165) is 63.0 Å². The Hall–Kier alpha value is -2.73. The fourth-order valence-electron chi connectivity index (χ4n) is 4.80. The first-order chi connectivity index (χ1) is 15.6. The molecule has 0 radical (unpaired) electrons. The van der Waals surface area contributed by atoms with E-state index in [9.17, 15) is 0 Å². The van der Waals surface area contributed by atoms with Gasteiger partial charge in [0.2, 0.25) is 0 Å². The van der Waals surface area contributed by atoms with Gasteiger partial charge in [0.05, 0.1) is 20.3 Å². The van der Waals surface area contributed by atoms with E-state index in [2.05, 4.69) is 58.5 Å². The Kier molecular flexibility index (Phi) is 7.20. The number of aliphatic imine (C=N–C) groups is 1. The summed E-state index contributed by atoms with van der Waals surface area (Å²) in [5.74, 6) is 2.93. The van der Waals surface area contributed by atoms with Gasteiger partial charge in [-0.05, 0) is 55.0 Å². The number of nitrogens with one attached hydrogen (secondary N) is 1. The highest BCUT2D eigenvalue weighted by Crippen LogP contribution is 2.34. The summed E-state index contributed by atoms with van der Waals surface area (Å²) in [6, 6.07) is 13.0. The van der Waals surface area contributed by atoms with Crippen molar-refractivity contribution in [2.75, 3.05) is 41.0 Å². The summed E-state index contributed by atoms with van der Waals surface area (Å²) in [6.07, 6.45) is 3.34. The van der Waals surface area contributed by atoms with Gasteiger partial charge in [-0.2, -0.15) is 0 Å². The topological polar surface area (TPSA) is 55.3 Å². The molecule has 2 aromatic carbocycles. The van der Waals surface area contributed by atoms with Gasteiger partial charge in [-0.3, -0.25) is 4.99 Å². The molecule has 32 heavy (non-hydrogen) atoms. The highest BCUT2D eigenvalue weighted by molar-refractivity contribution is 5.80. The maximum atomic E-state index is 6.20. The number of rotatable bonds is 5. The second-order valence-electron chi connectivity index (χ2n) is 8.68. The van der Waals surface area contributed by atoms with E-state index in [-0.39, 0.29) is 6.10 Å². The summed E-state index contributed by atoms with van der Waals surface area (Å²) >= 11 is 0. The van der Waals surface area contributed by atoms with E-state index in [4.69, 9.17) is 14.2 Å². The van der Waals surface area contributed by atoms with Crippen molar-refractivity contribution in [2.45, 2.75) is 38.8 Å². The zero-order valence-electron chi connectivity index (χ0n) is 19.7. The summed E-state index contributed by atoms with van der Waals surface area (Å²) in [5, 5.41) is 3.64. The van der Waals surface area contributed by atoms with Gasteiger partial charge in [0, 0.05) is 39.2 Å². The van der Waals surface area contributed by atoms with Crippen LogP contribution in [-0.2, 0) is 17.7 Å². The summed E-state index contributed by atoms with van der Waals surface area (Å²) in [6.45, 7) is 5.53. The first-order valence-corrected chi connectivity index (χ1v) is 11.5. The predicted molar refractivity (Wildman–Crippen MR) is 128 cm³/mol. The average molecular weight is 438 g/mol. The molecule has 1 fully saturated rings. The molecule has 1 N–H and O–H groups in total. The van der Waals surface area contributed by atoms with Gasteiger partial charge in [-0.15, -0.1) is 0 Å². The maximum absolute atomic E-state index is 6.20. The highest BCUT2D eigenvalue weighted by Gasteiger charge is 2.28. The Morgan fingerprint density at radius 1 is 1.12 bits per heavy atom. The molecular weight excluding hydrogens is 402 g/mol. The molecule has 2 aliphatic heterocycles. The van der Waals surface area contributed by atoms with Crippen molar-refractivity contribution in [1.82, 2.24) is 10.2 Å². The lowest BCUT2D eigenvalue weighted by atomic mass is 9.89. The third-order valence-corrected chi connectivity index (χ3v) is 6.60. The lowest BCUT2D eigenvalue weighted by molar-refractivity contribution is -0.0267. The average Bonchev–Trinajstić information content (AvgIpc) is 2.84. The smallest absolute Gasteiger partial charge is 0.193 e. The van der Waals surface area contributed by atoms with Crippen LogP contribution in [0.3, 0.4) is 0 Å². The molecule has 2 unspecified atom stereocenters. The summed E-state index contributed by atoms with van der Waals surface area (Å²) < 4.78 is 17.2. The predicted octanol–water partition coefficient (Wildman–Crippen LogP) is 4.11. The van der Waals surface area contributed by atoms with E-state index in [1.165, 1.54) is 22.3 Å². The van der Waals surface area contributed by atoms with E-state index >= 15 is 0 Å². The molecule has 2 atom stereocenters. The number of methoxy groups -OCH3 is 2. The SMILES string of the molecule is CN=C(NCC1CCCOC1c1ccc(C)cc1)N1CCc2cc(OC)c(OC)cc2C1. The van der Waals surface area contributed by atoms with Crippen LogP contribution >= 0.6 is 0 Å². The maximum Gasteiger partial charge on any atom is 0.193 e. The molecule has 0 bridgehead atoms. The van der Waals surface area contributed by atoms with Crippen LogP contribution in [0.5, 0.6) is 11.5 Å². The first kappa shape index (κ1) is 22.5. The number of hydrogen-bond donors (Lipinski definition) is 1. The molecule has 172 valence electrons. The first-order valence-electron chi connectivity index (χ1n) is 11.5. The Bertz CT molecular complexity index is 942. The molecule has 0 aromatic heterocycles. The third-order valence-electron chi connectivity index (χ3n) is 6.60. The number of ether oxygens (including phenoxy) is 3. The lowest BCUT2D eigenvalue weighted by Gasteiger charge is -2.35. The van der Waals surface area contributed by atoms with Crippen LogP contribution < -0.4 is 14.8 Å². The molecule has 2 heterocycles. The van der Waals surface area contributed by atoms with Gasteiger partial charge >= 0.3 is 0 Å². The minimum atomic E-state index is 0.133. The minimum Gasteiger partial charge on any atom is -0.493 e. The van der Waals surface area contributed by atoms with Gasteiger partial charge in [0.25, 0.3) is 0 Å². The van der Waals surface area contributed by atoms with Gasteiger partial charge in [0.1, 0.15) is 0 Å². The molecule has 0 saturated carbocycles. The molecule has 2 aromatic rings. The van der Waals surface area contributed by atoms with Crippen molar-refractivity contribution in [2.24, 2.45) is 10.9 Å². The van der Waals surface area contributed by atoms with Crippen molar-refractivity contribution in [3.63, 3.8) is 0 Å². The van der Waals surface area contributed by atoms with Crippen molar-refractivity contribution in [3.8, 4) is 11.5 Å². The molecule has 0 amide bonds. The molecule has 0 aliphatic carbocycles. The highest BCUT2D eigenvalue weighted by atomic mass is 16.5. The van der Waals surface area contributed by atoms with Gasteiger partial charge in [-0.25, -0.2) is 0 Å². The molecule has 1 saturated heterocycles. The fraction of sp³-hybridized carbons (Fsp3) is 0.500. The van der Waals surface area contributed by atoms with Crippen molar-refractivity contribution in [3.05, 3.63) is 58.7 Å². The molecule has 2 aliphatic rings. The summed E-state index contributed by atoms with van der Waals surface area (Å²) in [7, 11) is 5.23. The molecule has 6 nitrogen and oxygen atoms in total. The van der Waals surface area contributed by atoms with Crippen LogP contribution in [0.4, 0.5) is 0 Å². The Balaban J connectivity index is 1.43. The van der Waals surface area contributed by atoms with Crippen molar-refractivity contribution >= 4 is 5.96 Å². The van der Waals surface area contributed by atoms with Gasteiger partial charge in [-0.1, -0.05) is 29.8 Å². The van der Waals surface area contributed by atoms with E-state index < -0.39 is 0 Å². The molecular formula is C26H35N3O3. The van der Waals surface area contributed by atoms with Crippen LogP contribution in [0.2, 0.25) is 0 Å². The van der Waals surface area contributed by atoms with Crippen LogP contribution in [0.1, 0.15) is 41.2 Å². The number of nitrogens with zero attached hydrogens (tertiary/aromatic N) is 2. The second-order valence-corrected chi connectivity index (χ2v) is 8.68. The monoisotopic (exact) mass is 437 g/mol. The number of fused-ring (bicyclic) bond motifs is 1. The molecule has 0 spiro atoms. The quantitative estimate of drug-likeness (QED) is 0.564. The second kappa shape index (κ2) is 10.3. The van der Waals surface area contributed by atoms with Crippen molar-refractivity contribution < 1.29 is 14.2 Å². The Labute approximate surface area is 191 Å². The van der Waals surface area contributed by atoms with Gasteiger partial charge < -0.3 is 24.4 Å². The lowest BCUT2D eigenvalue weighted by Crippen LogP contribution is -2.46. The van der Waals surface area contributed by atoms with Crippen LogP contribution in [0.25, 0.3) is 0 Å². The normalized spacial score (nSPS) is 21.1.